The van der Waals surface area contributed by atoms with Crippen molar-refractivity contribution in [1.82, 2.24) is 4.90 Å². The number of rotatable bonds is 6. The summed E-state index contributed by atoms with van der Waals surface area (Å²) in [6, 6.07) is 11.5. The monoisotopic (exact) mass is 230 g/mol. The molecule has 1 aromatic carbocycles. The van der Waals surface area contributed by atoms with Gasteiger partial charge in [-0.15, -0.1) is 0 Å². The molecule has 3 heteroatoms. The van der Waals surface area contributed by atoms with Gasteiger partial charge in [-0.1, -0.05) is 37.3 Å². The van der Waals surface area contributed by atoms with Gasteiger partial charge in [0, 0.05) is 12.1 Å². The van der Waals surface area contributed by atoms with Crippen LogP contribution < -0.4 is 0 Å². The normalized spacial score (nSPS) is 12.1. The lowest BCUT2D eigenvalue weighted by Gasteiger charge is -2.20. The molecule has 0 aromatic heterocycles. The van der Waals surface area contributed by atoms with E-state index in [2.05, 4.69) is 6.07 Å². The molecule has 90 valence electrons. The molecule has 0 amide bonds. The van der Waals surface area contributed by atoms with Crippen LogP contribution >= 0.6 is 0 Å². The smallest absolute Gasteiger partial charge is 0.176 e. The fourth-order valence-electron chi connectivity index (χ4n) is 1.65. The maximum atomic E-state index is 12.0. The molecule has 0 N–H and O–H groups in total. The molecule has 17 heavy (non-hydrogen) atoms. The topological polar surface area (TPSA) is 44.1 Å². The van der Waals surface area contributed by atoms with Crippen molar-refractivity contribution >= 4 is 5.78 Å². The van der Waals surface area contributed by atoms with Crippen LogP contribution in [0.4, 0.5) is 0 Å². The van der Waals surface area contributed by atoms with Crippen molar-refractivity contribution in [1.29, 1.82) is 5.26 Å². The highest BCUT2D eigenvalue weighted by Gasteiger charge is 2.13. The summed E-state index contributed by atoms with van der Waals surface area (Å²) >= 11 is 0. The van der Waals surface area contributed by atoms with Crippen LogP contribution in [0.2, 0.25) is 0 Å². The lowest BCUT2D eigenvalue weighted by molar-refractivity contribution is 0.0929. The summed E-state index contributed by atoms with van der Waals surface area (Å²) in [4.78, 5) is 14.0. The maximum Gasteiger partial charge on any atom is 0.176 e. The average molecular weight is 230 g/mol. The summed E-state index contributed by atoms with van der Waals surface area (Å²) in [5, 5.41) is 8.77. The maximum absolute atomic E-state index is 12.0. The van der Waals surface area contributed by atoms with Gasteiger partial charge < -0.3 is 0 Å². The third-order valence-corrected chi connectivity index (χ3v) is 2.66. The number of Topliss-reactive ketones (excluding diaryl/α,β-unsaturated/α-hetero) is 1. The molecule has 0 saturated heterocycles. The van der Waals surface area contributed by atoms with Gasteiger partial charge in [-0.05, 0) is 13.5 Å². The van der Waals surface area contributed by atoms with Crippen LogP contribution in [0.1, 0.15) is 24.2 Å². The van der Waals surface area contributed by atoms with Crippen LogP contribution in [-0.4, -0.2) is 30.3 Å². The molecular formula is C14H18N2O. The number of hydrogen-bond donors (Lipinski definition) is 0. The lowest BCUT2D eigenvalue weighted by atomic mass is 10.1. The molecule has 0 radical (unpaired) electrons. The van der Waals surface area contributed by atoms with Crippen molar-refractivity contribution in [3.05, 3.63) is 35.9 Å². The standard InChI is InChI=1S/C14H18N2O/c1-3-16(10-12(2)9-15)11-14(17)13-7-5-4-6-8-13/h4-8,12H,3,10-11H2,1-2H3. The van der Waals surface area contributed by atoms with E-state index in [1.807, 2.05) is 49.1 Å². The number of nitrogens with zero attached hydrogens (tertiary/aromatic N) is 2. The van der Waals surface area contributed by atoms with Crippen molar-refractivity contribution in [2.24, 2.45) is 5.92 Å². The minimum Gasteiger partial charge on any atom is -0.295 e. The van der Waals surface area contributed by atoms with Gasteiger partial charge in [0.25, 0.3) is 0 Å². The molecule has 1 unspecified atom stereocenters. The van der Waals surface area contributed by atoms with Crippen LogP contribution in [0.25, 0.3) is 0 Å². The Kier molecular flexibility index (Phi) is 5.38. The summed E-state index contributed by atoms with van der Waals surface area (Å²) in [7, 11) is 0. The zero-order valence-corrected chi connectivity index (χ0v) is 10.4. The van der Waals surface area contributed by atoms with E-state index in [4.69, 9.17) is 5.26 Å². The van der Waals surface area contributed by atoms with E-state index in [1.54, 1.807) is 0 Å². The van der Waals surface area contributed by atoms with Crippen molar-refractivity contribution in [2.75, 3.05) is 19.6 Å². The molecular weight excluding hydrogens is 212 g/mol. The molecule has 1 atom stereocenters. The Bertz CT molecular complexity index is 394. The summed E-state index contributed by atoms with van der Waals surface area (Å²) in [5.74, 6) is 0.0658. The third kappa shape index (κ3) is 4.38. The SMILES string of the molecule is CCN(CC(=O)c1ccccc1)CC(C)C#N. The minimum atomic E-state index is -0.0430. The van der Waals surface area contributed by atoms with E-state index in [0.717, 1.165) is 12.1 Å². The molecule has 0 spiro atoms. The van der Waals surface area contributed by atoms with E-state index in [9.17, 15) is 4.79 Å². The van der Waals surface area contributed by atoms with Crippen molar-refractivity contribution in [3.63, 3.8) is 0 Å². The second-order valence-corrected chi connectivity index (χ2v) is 4.15. The van der Waals surface area contributed by atoms with Gasteiger partial charge in [-0.25, -0.2) is 0 Å². The molecule has 0 heterocycles. The molecule has 0 fully saturated rings. The van der Waals surface area contributed by atoms with E-state index < -0.39 is 0 Å². The van der Waals surface area contributed by atoms with Gasteiger partial charge in [0.2, 0.25) is 0 Å². The van der Waals surface area contributed by atoms with Crippen molar-refractivity contribution in [3.8, 4) is 6.07 Å². The fraction of sp³-hybridized carbons (Fsp3) is 0.429. The minimum absolute atomic E-state index is 0.0430. The van der Waals surface area contributed by atoms with Crippen LogP contribution in [0.3, 0.4) is 0 Å². The summed E-state index contributed by atoms with van der Waals surface area (Å²) in [5.41, 5.74) is 0.732. The summed E-state index contributed by atoms with van der Waals surface area (Å²) in [6.07, 6.45) is 0. The number of carbonyl (C=O) groups is 1. The second kappa shape index (κ2) is 6.82. The number of ketones is 1. The first-order valence-corrected chi connectivity index (χ1v) is 5.87. The van der Waals surface area contributed by atoms with E-state index in [1.165, 1.54) is 0 Å². The van der Waals surface area contributed by atoms with Crippen LogP contribution in [0.5, 0.6) is 0 Å². The lowest BCUT2D eigenvalue weighted by Crippen LogP contribution is -2.33. The van der Waals surface area contributed by atoms with Crippen LogP contribution in [0.15, 0.2) is 30.3 Å². The second-order valence-electron chi connectivity index (χ2n) is 4.15. The molecule has 0 saturated carbocycles. The number of hydrogen-bond acceptors (Lipinski definition) is 3. The first kappa shape index (κ1) is 13.4. The van der Waals surface area contributed by atoms with E-state index >= 15 is 0 Å². The van der Waals surface area contributed by atoms with E-state index in [0.29, 0.717) is 13.1 Å². The predicted octanol–water partition coefficient (Wildman–Crippen LogP) is 2.35. The third-order valence-electron chi connectivity index (χ3n) is 2.66. The Balaban J connectivity index is 2.58. The van der Waals surface area contributed by atoms with Gasteiger partial charge in [0.05, 0.1) is 18.5 Å². The highest BCUT2D eigenvalue weighted by Crippen LogP contribution is 2.04. The number of nitriles is 1. The quantitative estimate of drug-likeness (QED) is 0.705. The Labute approximate surface area is 103 Å². The summed E-state index contributed by atoms with van der Waals surface area (Å²) in [6.45, 7) is 5.68. The molecule has 3 nitrogen and oxygen atoms in total. The largest absolute Gasteiger partial charge is 0.295 e. The van der Waals surface area contributed by atoms with Crippen LogP contribution in [-0.2, 0) is 0 Å². The molecule has 1 aromatic rings. The fourth-order valence-corrected chi connectivity index (χ4v) is 1.65. The van der Waals surface area contributed by atoms with E-state index in [-0.39, 0.29) is 11.7 Å². The number of benzene rings is 1. The van der Waals surface area contributed by atoms with Crippen molar-refractivity contribution < 1.29 is 4.79 Å². The molecule has 0 bridgehead atoms. The van der Waals surface area contributed by atoms with Gasteiger partial charge in [-0.2, -0.15) is 5.26 Å². The first-order valence-electron chi connectivity index (χ1n) is 5.87. The molecule has 0 aliphatic rings. The molecule has 0 aliphatic carbocycles. The van der Waals surface area contributed by atoms with Gasteiger partial charge in [-0.3, -0.25) is 9.69 Å². The predicted molar refractivity (Wildman–Crippen MR) is 67.7 cm³/mol. The Morgan fingerprint density at radius 3 is 2.59 bits per heavy atom. The highest BCUT2D eigenvalue weighted by molar-refractivity contribution is 5.97. The van der Waals surface area contributed by atoms with Gasteiger partial charge in [0.15, 0.2) is 5.78 Å². The number of likely N-dealkylation sites (N-methyl/N-ethyl adjacent to an activating group) is 1. The Morgan fingerprint density at radius 1 is 1.41 bits per heavy atom. The highest BCUT2D eigenvalue weighted by atomic mass is 16.1. The van der Waals surface area contributed by atoms with Gasteiger partial charge >= 0.3 is 0 Å². The zero-order valence-electron chi connectivity index (χ0n) is 10.4. The summed E-state index contributed by atoms with van der Waals surface area (Å²) < 4.78 is 0. The zero-order chi connectivity index (χ0) is 12.7. The average Bonchev–Trinajstić information content (AvgIpc) is 2.38. The molecule has 0 aliphatic heterocycles. The number of carbonyl (C=O) groups excluding carboxylic acids is 1. The van der Waals surface area contributed by atoms with Gasteiger partial charge in [0.1, 0.15) is 0 Å². The van der Waals surface area contributed by atoms with Crippen LogP contribution in [0, 0.1) is 17.2 Å². The Morgan fingerprint density at radius 2 is 2.06 bits per heavy atom. The first-order chi connectivity index (χ1) is 8.17. The van der Waals surface area contributed by atoms with Crippen molar-refractivity contribution in [2.45, 2.75) is 13.8 Å². The Hall–Kier alpha value is -1.66. The molecule has 1 rings (SSSR count).